The van der Waals surface area contributed by atoms with Crippen molar-refractivity contribution in [3.8, 4) is 0 Å². The molecule has 66 valence electrons. The number of carbonyl (C=O) groups is 1. The second-order valence-electron chi connectivity index (χ2n) is 2.74. The van der Waals surface area contributed by atoms with Crippen molar-refractivity contribution in [2.75, 3.05) is 5.75 Å². The third-order valence-corrected chi connectivity index (χ3v) is 3.02. The Labute approximate surface area is 73.2 Å². The molecule has 2 aliphatic heterocycles. The predicted molar refractivity (Wildman–Crippen MR) is 42.4 cm³/mol. The van der Waals surface area contributed by atoms with Crippen molar-refractivity contribution in [1.82, 2.24) is 0 Å². The lowest BCUT2D eigenvalue weighted by Gasteiger charge is -2.28. The van der Waals surface area contributed by atoms with E-state index in [9.17, 15) is 15.0 Å². The van der Waals surface area contributed by atoms with Gasteiger partial charge in [-0.25, -0.2) is 4.79 Å². The van der Waals surface area contributed by atoms with E-state index in [-0.39, 0.29) is 0 Å². The van der Waals surface area contributed by atoms with Crippen LogP contribution in [0.2, 0.25) is 0 Å². The second kappa shape index (κ2) is 2.76. The molecule has 5 heteroatoms. The van der Waals surface area contributed by atoms with Crippen LogP contribution in [-0.4, -0.2) is 39.6 Å². The molecule has 2 aliphatic rings. The van der Waals surface area contributed by atoms with E-state index in [1.54, 1.807) is 0 Å². The molecule has 0 saturated carbocycles. The van der Waals surface area contributed by atoms with E-state index in [2.05, 4.69) is 0 Å². The van der Waals surface area contributed by atoms with Gasteiger partial charge in [-0.1, -0.05) is 0 Å². The van der Waals surface area contributed by atoms with E-state index in [4.69, 9.17) is 4.74 Å². The molecule has 4 nitrogen and oxygen atoms in total. The largest absolute Gasteiger partial charge is 0.451 e. The average molecular weight is 188 g/mol. The van der Waals surface area contributed by atoms with E-state index in [0.717, 1.165) is 0 Å². The fraction of sp³-hybridized carbons (Fsp3) is 0.571. The quantitative estimate of drug-likeness (QED) is 0.490. The van der Waals surface area contributed by atoms with Gasteiger partial charge in [-0.15, -0.1) is 11.8 Å². The van der Waals surface area contributed by atoms with Crippen LogP contribution in [0.25, 0.3) is 0 Å². The van der Waals surface area contributed by atoms with E-state index < -0.39 is 23.6 Å². The molecular weight excluding hydrogens is 180 g/mol. The first-order valence-corrected chi connectivity index (χ1v) is 4.63. The van der Waals surface area contributed by atoms with Crippen LogP contribution in [0.1, 0.15) is 0 Å². The molecule has 2 N–H and O–H groups in total. The summed E-state index contributed by atoms with van der Waals surface area (Å²) in [6.45, 7) is 0. The van der Waals surface area contributed by atoms with Crippen molar-refractivity contribution < 1.29 is 19.7 Å². The fourth-order valence-electron chi connectivity index (χ4n) is 1.33. The van der Waals surface area contributed by atoms with E-state index in [0.29, 0.717) is 11.3 Å². The van der Waals surface area contributed by atoms with E-state index >= 15 is 0 Å². The second-order valence-corrected chi connectivity index (χ2v) is 3.89. The maximum atomic E-state index is 10.8. The van der Waals surface area contributed by atoms with Crippen molar-refractivity contribution >= 4 is 17.7 Å². The molecule has 0 aromatic heterocycles. The highest BCUT2D eigenvalue weighted by molar-refractivity contribution is 7.99. The number of ether oxygens (including phenoxy) is 1. The smallest absolute Gasteiger partial charge is 0.331 e. The highest BCUT2D eigenvalue weighted by Gasteiger charge is 2.40. The Morgan fingerprint density at radius 2 is 2.33 bits per heavy atom. The monoisotopic (exact) mass is 188 g/mol. The molecule has 0 aliphatic carbocycles. The number of rotatable bonds is 0. The molecule has 0 aromatic carbocycles. The highest BCUT2D eigenvalue weighted by Crippen LogP contribution is 2.33. The summed E-state index contributed by atoms with van der Waals surface area (Å²) in [4.78, 5) is 10.8. The van der Waals surface area contributed by atoms with Gasteiger partial charge >= 0.3 is 5.97 Å². The SMILES string of the molecule is O=C1C=C2[C@H](O)CS[C@H](O)[C@@H]2O1. The Kier molecular flexibility index (Phi) is 1.86. The molecule has 1 saturated heterocycles. The van der Waals surface area contributed by atoms with Gasteiger partial charge in [0.1, 0.15) is 5.44 Å². The van der Waals surface area contributed by atoms with Crippen molar-refractivity contribution in [3.63, 3.8) is 0 Å². The first kappa shape index (κ1) is 8.10. The summed E-state index contributed by atoms with van der Waals surface area (Å²) in [5.41, 5.74) is -0.225. The first-order chi connectivity index (χ1) is 5.68. The van der Waals surface area contributed by atoms with Crippen LogP contribution in [0.3, 0.4) is 0 Å². The fourth-order valence-corrected chi connectivity index (χ4v) is 2.29. The maximum Gasteiger partial charge on any atom is 0.331 e. The van der Waals surface area contributed by atoms with Gasteiger partial charge in [-0.05, 0) is 0 Å². The van der Waals surface area contributed by atoms with Gasteiger partial charge < -0.3 is 14.9 Å². The molecule has 2 heterocycles. The first-order valence-electron chi connectivity index (χ1n) is 3.58. The Morgan fingerprint density at radius 1 is 1.58 bits per heavy atom. The molecule has 0 radical (unpaired) electrons. The van der Waals surface area contributed by atoms with E-state index in [1.165, 1.54) is 17.8 Å². The normalized spacial score (nSPS) is 40.3. The van der Waals surface area contributed by atoms with Gasteiger partial charge in [0.15, 0.2) is 6.10 Å². The zero-order valence-electron chi connectivity index (χ0n) is 6.14. The number of aliphatic hydroxyl groups is 2. The average Bonchev–Trinajstić information content (AvgIpc) is 2.41. The zero-order valence-corrected chi connectivity index (χ0v) is 6.95. The molecule has 1 fully saturated rings. The summed E-state index contributed by atoms with van der Waals surface area (Å²) >= 11 is 1.19. The summed E-state index contributed by atoms with van der Waals surface area (Å²) in [5, 5.41) is 18.7. The molecule has 3 atom stereocenters. The Hall–Kier alpha value is -0.520. The minimum atomic E-state index is -0.730. The number of aliphatic hydroxyl groups excluding tert-OH is 2. The summed E-state index contributed by atoms with van der Waals surface area (Å²) in [7, 11) is 0. The number of fused-ring (bicyclic) bond motifs is 1. The van der Waals surface area contributed by atoms with Gasteiger partial charge in [-0.3, -0.25) is 0 Å². The third-order valence-electron chi connectivity index (χ3n) is 1.92. The third kappa shape index (κ3) is 1.14. The van der Waals surface area contributed by atoms with Gasteiger partial charge in [0.05, 0.1) is 6.10 Å². The summed E-state index contributed by atoms with van der Waals surface area (Å²) in [5.74, 6) is -0.0595. The topological polar surface area (TPSA) is 66.8 Å². The van der Waals surface area contributed by atoms with Crippen molar-refractivity contribution in [2.45, 2.75) is 17.6 Å². The molecule has 12 heavy (non-hydrogen) atoms. The minimum absolute atomic E-state index is 0.417. The molecule has 0 amide bonds. The molecular formula is C7H8O4S. The van der Waals surface area contributed by atoms with Crippen LogP contribution in [-0.2, 0) is 9.53 Å². The zero-order chi connectivity index (χ0) is 8.72. The standard InChI is InChI=1S/C7H8O4S/c8-4-2-12-7(10)6-3(4)1-5(9)11-6/h1,4,6-8,10H,2H2/t4-,6-,7+/m1/s1. The molecule has 2 rings (SSSR count). The van der Waals surface area contributed by atoms with Crippen molar-refractivity contribution in [3.05, 3.63) is 11.6 Å². The summed E-state index contributed by atoms with van der Waals surface area (Å²) < 4.78 is 4.79. The number of carbonyl (C=O) groups excluding carboxylic acids is 1. The minimum Gasteiger partial charge on any atom is -0.451 e. The maximum absolute atomic E-state index is 10.8. The molecule has 0 bridgehead atoms. The lowest BCUT2D eigenvalue weighted by Crippen LogP contribution is -2.37. The van der Waals surface area contributed by atoms with Crippen LogP contribution >= 0.6 is 11.8 Å². The van der Waals surface area contributed by atoms with Gasteiger partial charge in [0, 0.05) is 17.4 Å². The van der Waals surface area contributed by atoms with Crippen LogP contribution in [0.4, 0.5) is 0 Å². The predicted octanol–water partition coefficient (Wildman–Crippen LogP) is -0.736. The molecule has 0 aromatic rings. The number of esters is 1. The van der Waals surface area contributed by atoms with Crippen LogP contribution < -0.4 is 0 Å². The number of hydrogen-bond acceptors (Lipinski definition) is 5. The highest BCUT2D eigenvalue weighted by atomic mass is 32.2. The van der Waals surface area contributed by atoms with Crippen LogP contribution in [0, 0.1) is 0 Å². The van der Waals surface area contributed by atoms with Crippen molar-refractivity contribution in [1.29, 1.82) is 0 Å². The van der Waals surface area contributed by atoms with Gasteiger partial charge in [0.25, 0.3) is 0 Å². The number of thioether (sulfide) groups is 1. The molecule has 0 unspecified atom stereocenters. The number of hydrogen-bond donors (Lipinski definition) is 2. The lowest BCUT2D eigenvalue weighted by molar-refractivity contribution is -0.141. The summed E-state index contributed by atoms with van der Waals surface area (Å²) in [6, 6.07) is 0. The Bertz CT molecular complexity index is 250. The summed E-state index contributed by atoms with van der Waals surface area (Å²) in [6.07, 6.45) is -0.0285. The van der Waals surface area contributed by atoms with Gasteiger partial charge in [-0.2, -0.15) is 0 Å². The van der Waals surface area contributed by atoms with E-state index in [1.807, 2.05) is 0 Å². The molecule has 0 spiro atoms. The van der Waals surface area contributed by atoms with Gasteiger partial charge in [0.2, 0.25) is 0 Å². The Balaban J connectivity index is 2.26. The Morgan fingerprint density at radius 3 is 3.00 bits per heavy atom. The lowest BCUT2D eigenvalue weighted by atomic mass is 10.1. The van der Waals surface area contributed by atoms with Crippen molar-refractivity contribution in [2.24, 2.45) is 0 Å². The van der Waals surface area contributed by atoms with Crippen LogP contribution in [0.5, 0.6) is 0 Å². The van der Waals surface area contributed by atoms with Crippen LogP contribution in [0.15, 0.2) is 11.6 Å².